The number of hydrogen-bond acceptors (Lipinski definition) is 1. The molecule has 0 fully saturated rings. The minimum Gasteiger partial charge on any atom is -0.310 e. The zero-order valence-corrected chi connectivity index (χ0v) is 26.8. The fraction of sp³-hybridized carbons (Fsp3) is 0.136. The van der Waals surface area contributed by atoms with Crippen molar-refractivity contribution in [3.8, 4) is 33.4 Å². The first-order valence-corrected chi connectivity index (χ1v) is 15.9. The Balaban J connectivity index is 1.38. The van der Waals surface area contributed by atoms with E-state index in [1.807, 2.05) is 0 Å². The normalized spacial score (nSPS) is 13.3. The summed E-state index contributed by atoms with van der Waals surface area (Å²) < 4.78 is 0. The van der Waals surface area contributed by atoms with Gasteiger partial charge in [0.15, 0.2) is 0 Å². The maximum Gasteiger partial charge on any atom is 0.0467 e. The summed E-state index contributed by atoms with van der Waals surface area (Å²) in [6, 6.07) is 51.0. The predicted molar refractivity (Wildman–Crippen MR) is 194 cm³/mol. The van der Waals surface area contributed by atoms with Gasteiger partial charge >= 0.3 is 0 Å². The maximum atomic E-state index is 2.42. The molecular weight excluding hydrogens is 542 g/mol. The number of anilines is 3. The second-order valence-electron chi connectivity index (χ2n) is 12.7. The highest BCUT2D eigenvalue weighted by atomic mass is 15.1. The molecule has 0 N–H and O–H groups in total. The van der Waals surface area contributed by atoms with Crippen LogP contribution in [0.5, 0.6) is 0 Å². The summed E-state index contributed by atoms with van der Waals surface area (Å²) in [5.41, 5.74) is 17.6. The molecule has 1 heteroatoms. The van der Waals surface area contributed by atoms with E-state index in [1.165, 1.54) is 61.2 Å². The van der Waals surface area contributed by atoms with Crippen molar-refractivity contribution in [2.24, 2.45) is 0 Å². The molecule has 6 aromatic carbocycles. The van der Waals surface area contributed by atoms with E-state index in [0.29, 0.717) is 0 Å². The quantitative estimate of drug-likeness (QED) is 0.189. The molecule has 0 radical (unpaired) electrons. The van der Waals surface area contributed by atoms with E-state index in [-0.39, 0.29) is 5.41 Å². The molecule has 0 bridgehead atoms. The Morgan fingerprint density at radius 3 is 1.76 bits per heavy atom. The second kappa shape index (κ2) is 11.4. The summed E-state index contributed by atoms with van der Waals surface area (Å²) in [4.78, 5) is 2.40. The molecule has 1 aliphatic rings. The molecule has 0 aliphatic heterocycles. The van der Waals surface area contributed by atoms with Gasteiger partial charge in [-0.1, -0.05) is 117 Å². The molecule has 45 heavy (non-hydrogen) atoms. The van der Waals surface area contributed by atoms with Gasteiger partial charge in [0.05, 0.1) is 0 Å². The van der Waals surface area contributed by atoms with Gasteiger partial charge in [0.2, 0.25) is 0 Å². The van der Waals surface area contributed by atoms with Crippen LogP contribution < -0.4 is 4.90 Å². The summed E-state index contributed by atoms with van der Waals surface area (Å²) >= 11 is 0. The lowest BCUT2D eigenvalue weighted by atomic mass is 9.81. The summed E-state index contributed by atoms with van der Waals surface area (Å²) in [5, 5.41) is 0. The van der Waals surface area contributed by atoms with Crippen LogP contribution in [0.2, 0.25) is 0 Å². The number of benzene rings is 6. The minimum atomic E-state index is -0.109. The lowest BCUT2D eigenvalue weighted by molar-refractivity contribution is 0.659. The molecule has 220 valence electrons. The Labute approximate surface area is 268 Å². The monoisotopic (exact) mass is 581 g/mol. The molecule has 0 saturated carbocycles. The summed E-state index contributed by atoms with van der Waals surface area (Å²) in [6.07, 6.45) is 2.21. The largest absolute Gasteiger partial charge is 0.310 e. The van der Waals surface area contributed by atoms with Crippen LogP contribution in [0, 0.1) is 6.92 Å². The van der Waals surface area contributed by atoms with Crippen LogP contribution in [0.3, 0.4) is 0 Å². The van der Waals surface area contributed by atoms with Gasteiger partial charge in [-0.3, -0.25) is 0 Å². The fourth-order valence-electron chi connectivity index (χ4n) is 6.93. The zero-order chi connectivity index (χ0) is 31.1. The summed E-state index contributed by atoms with van der Waals surface area (Å²) in [6.45, 7) is 11.3. The van der Waals surface area contributed by atoms with Gasteiger partial charge in [0.25, 0.3) is 0 Å². The van der Waals surface area contributed by atoms with Gasteiger partial charge in [-0.15, -0.1) is 0 Å². The number of fused-ring (bicyclic) bond motifs is 3. The van der Waals surface area contributed by atoms with Gasteiger partial charge < -0.3 is 4.90 Å². The van der Waals surface area contributed by atoms with Gasteiger partial charge in [-0.25, -0.2) is 0 Å². The number of hydrogen-bond donors (Lipinski definition) is 0. The third-order valence-corrected chi connectivity index (χ3v) is 9.56. The van der Waals surface area contributed by atoms with Crippen molar-refractivity contribution in [1.29, 1.82) is 0 Å². The molecule has 0 amide bonds. The van der Waals surface area contributed by atoms with Gasteiger partial charge in [-0.2, -0.15) is 0 Å². The van der Waals surface area contributed by atoms with Crippen LogP contribution in [-0.4, -0.2) is 0 Å². The molecule has 1 aliphatic carbocycles. The molecule has 0 atom stereocenters. The predicted octanol–water partition coefficient (Wildman–Crippen LogP) is 12.5. The van der Waals surface area contributed by atoms with E-state index in [4.69, 9.17) is 0 Å². The fourth-order valence-corrected chi connectivity index (χ4v) is 6.93. The van der Waals surface area contributed by atoms with Crippen LogP contribution >= 0.6 is 0 Å². The van der Waals surface area contributed by atoms with Crippen LogP contribution in [0.25, 0.3) is 39.0 Å². The topological polar surface area (TPSA) is 3.24 Å². The lowest BCUT2D eigenvalue weighted by Gasteiger charge is -2.28. The van der Waals surface area contributed by atoms with E-state index >= 15 is 0 Å². The molecule has 0 heterocycles. The highest BCUT2D eigenvalue weighted by Crippen LogP contribution is 2.52. The van der Waals surface area contributed by atoms with E-state index in [2.05, 4.69) is 185 Å². The second-order valence-corrected chi connectivity index (χ2v) is 12.7. The van der Waals surface area contributed by atoms with Crippen molar-refractivity contribution >= 4 is 22.6 Å². The molecule has 7 rings (SSSR count). The zero-order valence-electron chi connectivity index (χ0n) is 26.8. The van der Waals surface area contributed by atoms with E-state index < -0.39 is 0 Å². The molecule has 0 aromatic heterocycles. The number of rotatable bonds is 6. The molecule has 0 saturated heterocycles. The highest BCUT2D eigenvalue weighted by Gasteiger charge is 2.36. The van der Waals surface area contributed by atoms with Crippen molar-refractivity contribution < 1.29 is 0 Å². The number of allylic oxidation sites excluding steroid dienone is 2. The third kappa shape index (κ3) is 5.09. The average Bonchev–Trinajstić information content (AvgIpc) is 3.30. The first-order valence-electron chi connectivity index (χ1n) is 15.9. The molecule has 0 unspecified atom stereocenters. The maximum absolute atomic E-state index is 2.42. The molecule has 1 nitrogen and oxygen atoms in total. The van der Waals surface area contributed by atoms with Gasteiger partial charge in [0.1, 0.15) is 0 Å². The number of aryl methyl sites for hydroxylation is 1. The van der Waals surface area contributed by atoms with Crippen LogP contribution in [0.4, 0.5) is 17.1 Å². The van der Waals surface area contributed by atoms with E-state index in [9.17, 15) is 0 Å². The molecular formula is C44H39N. The van der Waals surface area contributed by atoms with Crippen molar-refractivity contribution in [1.82, 2.24) is 0 Å². The summed E-state index contributed by atoms with van der Waals surface area (Å²) in [5.74, 6) is 0. The smallest absolute Gasteiger partial charge is 0.0467 e. The summed E-state index contributed by atoms with van der Waals surface area (Å²) in [7, 11) is 0. The van der Waals surface area contributed by atoms with E-state index in [0.717, 1.165) is 17.1 Å². The number of nitrogens with zero attached hydrogens (tertiary/aromatic N) is 1. The molecule has 6 aromatic rings. The highest BCUT2D eigenvalue weighted by molar-refractivity contribution is 5.88. The van der Waals surface area contributed by atoms with E-state index in [1.54, 1.807) is 0 Å². The third-order valence-electron chi connectivity index (χ3n) is 9.56. The lowest BCUT2D eigenvalue weighted by Crippen LogP contribution is -2.17. The van der Waals surface area contributed by atoms with Crippen LogP contribution in [0.15, 0.2) is 146 Å². The first kappa shape index (κ1) is 28.6. The Bertz CT molecular complexity index is 2030. The van der Waals surface area contributed by atoms with Crippen molar-refractivity contribution in [3.63, 3.8) is 0 Å². The van der Waals surface area contributed by atoms with Crippen LogP contribution in [0.1, 0.15) is 49.9 Å². The SMILES string of the molecule is CC=C(C)c1cc2c(cc1C)C(C)(C)c1cc(N(c3ccc(-c4ccccc4)cc3)c3cccc(-c4ccccc4)c3)ccc1-2. The Morgan fingerprint density at radius 2 is 1.09 bits per heavy atom. The minimum absolute atomic E-state index is 0.109. The van der Waals surface area contributed by atoms with Crippen molar-refractivity contribution in [3.05, 3.63) is 168 Å². The Morgan fingerprint density at radius 1 is 0.533 bits per heavy atom. The van der Waals surface area contributed by atoms with Crippen LogP contribution in [-0.2, 0) is 5.41 Å². The van der Waals surface area contributed by atoms with Gasteiger partial charge in [0, 0.05) is 22.5 Å². The first-order chi connectivity index (χ1) is 21.8. The Kier molecular flexibility index (Phi) is 7.26. The van der Waals surface area contributed by atoms with Crippen molar-refractivity contribution in [2.45, 2.75) is 40.0 Å². The Hall–Kier alpha value is -5.14. The molecule has 0 spiro atoms. The average molecular weight is 582 g/mol. The standard InChI is InChI=1S/C44H39N/c1-6-30(2)40-29-41-39-25-24-38(28-43(39)44(4,5)42(41)26-31(40)3)45(36-22-20-34(21-23-36)32-14-9-7-10-15-32)37-19-13-18-35(27-37)33-16-11-8-12-17-33/h6-29H,1-5H3. The van der Waals surface area contributed by atoms with Gasteiger partial charge in [-0.05, 0) is 124 Å². The van der Waals surface area contributed by atoms with Crippen molar-refractivity contribution in [2.75, 3.05) is 4.90 Å².